The van der Waals surface area contributed by atoms with Gasteiger partial charge in [0.05, 0.1) is 0 Å². The molecule has 0 rings (SSSR count). The van der Waals surface area contributed by atoms with Crippen LogP contribution in [0.4, 0.5) is 0 Å². The first-order chi connectivity index (χ1) is 3.41. The van der Waals surface area contributed by atoms with E-state index in [9.17, 15) is 5.11 Å². The summed E-state index contributed by atoms with van der Waals surface area (Å²) in [6.45, 7) is 2.08. The Bertz CT molecular complexity index is 80.3. The van der Waals surface area contributed by atoms with Crippen LogP contribution >= 0.6 is 0 Å². The molecular weight excluding hydrogens is 95.0 g/mol. The molecule has 0 aromatic carbocycles. The maximum Gasteiger partial charge on any atom is 1.00 e. The predicted octanol–water partition coefficient (Wildman–Crippen LogP) is -2.50. The van der Waals surface area contributed by atoms with Crippen LogP contribution < -0.4 is 24.0 Å². The molecule has 0 aliphatic heterocycles. The Hall–Kier alpha value is -0.0426. The second-order valence-electron chi connectivity index (χ2n) is 1.38. The van der Waals surface area contributed by atoms with E-state index in [1.54, 1.807) is 6.11 Å². The molecule has 0 saturated heterocycles. The molecule has 0 unspecified atom stereocenters. The van der Waals surface area contributed by atoms with Gasteiger partial charge in [-0.05, 0) is 6.42 Å². The van der Waals surface area contributed by atoms with Crippen molar-refractivity contribution in [3.05, 3.63) is 0 Å². The molecule has 2 heteroatoms. The zero-order valence-corrected chi connectivity index (χ0v) is 5.53. The minimum atomic E-state index is 0. The molecule has 0 N–H and O–H groups in total. The van der Waals surface area contributed by atoms with Crippen LogP contribution in [0.3, 0.4) is 0 Å². The van der Waals surface area contributed by atoms with Crippen LogP contribution in [0.2, 0.25) is 0 Å². The van der Waals surface area contributed by atoms with Crippen LogP contribution in [0.25, 0.3) is 0 Å². The molecule has 0 bridgehead atoms. The summed E-state index contributed by atoms with van der Waals surface area (Å²) >= 11 is 0. The van der Waals surface area contributed by atoms with E-state index in [-0.39, 0.29) is 18.9 Å². The summed E-state index contributed by atoms with van der Waals surface area (Å²) in [5.74, 6) is 2.44. The Balaban J connectivity index is 0. The average Bonchev–Trinajstić information content (AvgIpc) is 1.69. The fourth-order valence-electron chi connectivity index (χ4n) is 0.316. The fourth-order valence-corrected chi connectivity index (χ4v) is 0.316. The molecule has 8 heavy (non-hydrogen) atoms. The van der Waals surface area contributed by atoms with E-state index < -0.39 is 0 Å². The van der Waals surface area contributed by atoms with Crippen LogP contribution in [0.15, 0.2) is 0 Å². The van der Waals surface area contributed by atoms with Gasteiger partial charge in [-0.2, -0.15) is 6.11 Å². The summed E-state index contributed by atoms with van der Waals surface area (Å²) in [4.78, 5) is 0. The summed E-state index contributed by atoms with van der Waals surface area (Å²) in [6.07, 6.45) is 4.54. The summed E-state index contributed by atoms with van der Waals surface area (Å²) in [5.41, 5.74) is 0. The van der Waals surface area contributed by atoms with E-state index >= 15 is 0 Å². The monoisotopic (exact) mass is 104 g/mol. The number of hydrogen-bond acceptors (Lipinski definition) is 1. The van der Waals surface area contributed by atoms with Gasteiger partial charge >= 0.3 is 18.9 Å². The van der Waals surface area contributed by atoms with Gasteiger partial charge in [0.15, 0.2) is 0 Å². The van der Waals surface area contributed by atoms with Crippen molar-refractivity contribution < 1.29 is 24.0 Å². The van der Waals surface area contributed by atoms with E-state index in [4.69, 9.17) is 0 Å². The molecule has 0 amide bonds. The van der Waals surface area contributed by atoms with E-state index in [1.807, 2.05) is 0 Å². The third-order valence-corrected chi connectivity index (χ3v) is 0.727. The summed E-state index contributed by atoms with van der Waals surface area (Å²) in [6, 6.07) is 0. The molecule has 40 valence electrons. The van der Waals surface area contributed by atoms with Gasteiger partial charge in [-0.1, -0.05) is 13.3 Å². The Labute approximate surface area is 62.7 Å². The molecule has 0 saturated carbocycles. The van der Waals surface area contributed by atoms with Crippen LogP contribution in [-0.2, 0) is 0 Å². The Morgan fingerprint density at radius 1 is 1.50 bits per heavy atom. The molecule has 0 aromatic rings. The Morgan fingerprint density at radius 2 is 2.12 bits per heavy atom. The standard InChI is InChI=1S/C6H10O.Li/c1-2-3-4-5-6-7;/h7H,2-4H2,1H3;/q;+1/p-1. The van der Waals surface area contributed by atoms with Crippen molar-refractivity contribution in [2.24, 2.45) is 0 Å². The first-order valence-corrected chi connectivity index (χ1v) is 2.51. The summed E-state index contributed by atoms with van der Waals surface area (Å²) < 4.78 is 0. The first-order valence-electron chi connectivity index (χ1n) is 2.51. The average molecular weight is 104 g/mol. The topological polar surface area (TPSA) is 23.1 Å². The molecule has 0 heterocycles. The molecule has 0 aliphatic carbocycles. The van der Waals surface area contributed by atoms with Crippen molar-refractivity contribution in [2.75, 3.05) is 0 Å². The molecule has 0 fully saturated rings. The smallest absolute Gasteiger partial charge is 0.833 e. The number of rotatable bonds is 2. The van der Waals surface area contributed by atoms with Gasteiger partial charge in [-0.3, -0.25) is 0 Å². The SMILES string of the molecule is CCCCC#C[O-].[Li+]. The Kier molecular flexibility index (Phi) is 13.6. The predicted molar refractivity (Wildman–Crippen MR) is 27.3 cm³/mol. The van der Waals surface area contributed by atoms with Gasteiger partial charge in [0, 0.05) is 6.42 Å². The zero-order valence-electron chi connectivity index (χ0n) is 5.53. The van der Waals surface area contributed by atoms with Gasteiger partial charge in [0.25, 0.3) is 0 Å². The van der Waals surface area contributed by atoms with Crippen molar-refractivity contribution in [3.8, 4) is 12.0 Å². The molecular formula is C6H9LiO. The largest absolute Gasteiger partial charge is 1.00 e. The number of hydrogen-bond donors (Lipinski definition) is 0. The maximum absolute atomic E-state index is 9.44. The van der Waals surface area contributed by atoms with Gasteiger partial charge < -0.3 is 5.11 Å². The molecule has 0 aromatic heterocycles. The van der Waals surface area contributed by atoms with E-state index in [0.29, 0.717) is 0 Å². The van der Waals surface area contributed by atoms with Crippen molar-refractivity contribution in [3.63, 3.8) is 0 Å². The molecule has 0 radical (unpaired) electrons. The van der Waals surface area contributed by atoms with Crippen LogP contribution in [0.5, 0.6) is 0 Å². The third-order valence-electron chi connectivity index (χ3n) is 0.727. The number of unbranched alkanes of at least 4 members (excludes halogenated alkanes) is 2. The van der Waals surface area contributed by atoms with Crippen molar-refractivity contribution >= 4 is 0 Å². The third kappa shape index (κ3) is 9.35. The van der Waals surface area contributed by atoms with Crippen molar-refractivity contribution in [2.45, 2.75) is 26.2 Å². The van der Waals surface area contributed by atoms with Gasteiger partial charge in [-0.15, -0.1) is 5.92 Å². The first kappa shape index (κ1) is 10.9. The van der Waals surface area contributed by atoms with Gasteiger partial charge in [-0.25, -0.2) is 0 Å². The van der Waals surface area contributed by atoms with Crippen molar-refractivity contribution in [1.82, 2.24) is 0 Å². The van der Waals surface area contributed by atoms with Gasteiger partial charge in [0.2, 0.25) is 0 Å². The van der Waals surface area contributed by atoms with E-state index in [0.717, 1.165) is 19.3 Å². The summed E-state index contributed by atoms with van der Waals surface area (Å²) in [7, 11) is 0. The van der Waals surface area contributed by atoms with Crippen LogP contribution in [-0.4, -0.2) is 0 Å². The fraction of sp³-hybridized carbons (Fsp3) is 0.667. The normalized spacial score (nSPS) is 6.12. The molecule has 0 aliphatic rings. The van der Waals surface area contributed by atoms with E-state index in [2.05, 4.69) is 12.8 Å². The van der Waals surface area contributed by atoms with Crippen molar-refractivity contribution in [1.29, 1.82) is 0 Å². The molecule has 0 atom stereocenters. The second-order valence-corrected chi connectivity index (χ2v) is 1.38. The Morgan fingerprint density at radius 3 is 2.50 bits per heavy atom. The quantitative estimate of drug-likeness (QED) is 0.216. The minimum absolute atomic E-state index is 0. The van der Waals surface area contributed by atoms with E-state index in [1.165, 1.54) is 0 Å². The van der Waals surface area contributed by atoms with Crippen LogP contribution in [0, 0.1) is 12.0 Å². The summed E-state index contributed by atoms with van der Waals surface area (Å²) in [5, 5.41) is 9.44. The maximum atomic E-state index is 9.44. The molecule has 0 spiro atoms. The second kappa shape index (κ2) is 10.0. The van der Waals surface area contributed by atoms with Crippen LogP contribution in [0.1, 0.15) is 26.2 Å². The zero-order chi connectivity index (χ0) is 5.54. The minimum Gasteiger partial charge on any atom is -0.833 e. The molecule has 1 nitrogen and oxygen atoms in total. The van der Waals surface area contributed by atoms with Gasteiger partial charge in [0.1, 0.15) is 0 Å².